The fourth-order valence-electron chi connectivity index (χ4n) is 1.97. The van der Waals surface area contributed by atoms with Gasteiger partial charge in [-0.1, -0.05) is 0 Å². The lowest BCUT2D eigenvalue weighted by Gasteiger charge is -2.08. The fourth-order valence-corrected chi connectivity index (χ4v) is 1.97. The molecule has 1 fully saturated rings. The van der Waals surface area contributed by atoms with Crippen molar-refractivity contribution in [2.45, 2.75) is 39.3 Å². The first-order chi connectivity index (χ1) is 8.40. The number of hydrogen-bond donors (Lipinski definition) is 1. The number of aryl methyl sites for hydroxylation is 1. The van der Waals surface area contributed by atoms with Crippen LogP contribution in [0.5, 0.6) is 0 Å². The second-order valence-corrected chi connectivity index (χ2v) is 4.83. The topological polar surface area (TPSA) is 26.2 Å². The summed E-state index contributed by atoms with van der Waals surface area (Å²) < 4.78 is 7.87. The van der Waals surface area contributed by atoms with Gasteiger partial charge in [0, 0.05) is 38.2 Å². The van der Waals surface area contributed by atoms with Crippen molar-refractivity contribution in [3.8, 4) is 0 Å². The first kappa shape index (κ1) is 12.7. The smallest absolute Gasteiger partial charge is 0.0494 e. The van der Waals surface area contributed by atoms with Gasteiger partial charge in [0.1, 0.15) is 0 Å². The summed E-state index contributed by atoms with van der Waals surface area (Å²) in [5, 5.41) is 3.47. The zero-order valence-corrected chi connectivity index (χ0v) is 10.8. The van der Waals surface area contributed by atoms with Gasteiger partial charge in [-0.25, -0.2) is 0 Å². The molecule has 1 saturated carbocycles. The standard InChI is InChI=1S/C14H24N2O/c1-2-16-9-3-5-14(16)11-15-8-4-10-17-12-13-6-7-13/h3,5,9,13,15H,2,4,6-8,10-12H2,1H3. The summed E-state index contributed by atoms with van der Waals surface area (Å²) in [6.07, 6.45) is 6.01. The Morgan fingerprint density at radius 2 is 2.35 bits per heavy atom. The summed E-state index contributed by atoms with van der Waals surface area (Å²) in [5.74, 6) is 0.885. The van der Waals surface area contributed by atoms with Crippen LogP contribution in [0, 0.1) is 5.92 Å². The van der Waals surface area contributed by atoms with Gasteiger partial charge in [0.15, 0.2) is 0 Å². The van der Waals surface area contributed by atoms with Gasteiger partial charge in [-0.2, -0.15) is 0 Å². The normalized spacial score (nSPS) is 15.4. The summed E-state index contributed by atoms with van der Waals surface area (Å²) >= 11 is 0. The highest BCUT2D eigenvalue weighted by atomic mass is 16.5. The Morgan fingerprint density at radius 1 is 1.47 bits per heavy atom. The van der Waals surface area contributed by atoms with Gasteiger partial charge in [-0.3, -0.25) is 0 Å². The molecule has 1 heterocycles. The third kappa shape index (κ3) is 4.52. The maximum atomic E-state index is 5.59. The highest BCUT2D eigenvalue weighted by Gasteiger charge is 2.20. The van der Waals surface area contributed by atoms with E-state index in [1.54, 1.807) is 0 Å². The molecule has 0 unspecified atom stereocenters. The van der Waals surface area contributed by atoms with Crippen LogP contribution in [0.1, 0.15) is 31.9 Å². The van der Waals surface area contributed by atoms with E-state index in [4.69, 9.17) is 4.74 Å². The van der Waals surface area contributed by atoms with Crippen LogP contribution in [0.4, 0.5) is 0 Å². The van der Waals surface area contributed by atoms with Gasteiger partial charge < -0.3 is 14.6 Å². The van der Waals surface area contributed by atoms with Crippen molar-refractivity contribution in [2.75, 3.05) is 19.8 Å². The average Bonchev–Trinajstić information content (AvgIpc) is 3.05. The van der Waals surface area contributed by atoms with Crippen molar-refractivity contribution in [1.82, 2.24) is 9.88 Å². The Hall–Kier alpha value is -0.800. The Morgan fingerprint density at radius 3 is 3.12 bits per heavy atom. The van der Waals surface area contributed by atoms with Crippen LogP contribution in [0.2, 0.25) is 0 Å². The molecule has 0 spiro atoms. The minimum Gasteiger partial charge on any atom is -0.381 e. The predicted molar refractivity (Wildman–Crippen MR) is 70.0 cm³/mol. The number of ether oxygens (including phenoxy) is 1. The van der Waals surface area contributed by atoms with E-state index in [1.165, 1.54) is 18.5 Å². The molecule has 1 aromatic rings. The van der Waals surface area contributed by atoms with Crippen molar-refractivity contribution < 1.29 is 4.74 Å². The number of rotatable bonds is 9. The lowest BCUT2D eigenvalue weighted by Crippen LogP contribution is -2.18. The largest absolute Gasteiger partial charge is 0.381 e. The summed E-state index contributed by atoms with van der Waals surface area (Å²) in [5.41, 5.74) is 1.37. The maximum Gasteiger partial charge on any atom is 0.0494 e. The molecule has 3 nitrogen and oxygen atoms in total. The molecule has 0 atom stereocenters. The molecular formula is C14H24N2O. The van der Waals surface area contributed by atoms with Gasteiger partial charge in [0.05, 0.1) is 0 Å². The van der Waals surface area contributed by atoms with Crippen molar-refractivity contribution >= 4 is 0 Å². The quantitative estimate of drug-likeness (QED) is 0.666. The fraction of sp³-hybridized carbons (Fsp3) is 0.714. The first-order valence-corrected chi connectivity index (χ1v) is 6.82. The lowest BCUT2D eigenvalue weighted by atomic mass is 10.4. The number of nitrogens with zero attached hydrogens (tertiary/aromatic N) is 1. The summed E-state index contributed by atoms with van der Waals surface area (Å²) in [6, 6.07) is 4.29. The van der Waals surface area contributed by atoms with E-state index in [0.29, 0.717) is 0 Å². The van der Waals surface area contributed by atoms with Gasteiger partial charge in [0.2, 0.25) is 0 Å². The third-order valence-corrected chi connectivity index (χ3v) is 3.26. The number of hydrogen-bond acceptors (Lipinski definition) is 2. The Balaban J connectivity index is 1.47. The maximum absolute atomic E-state index is 5.59. The molecule has 1 aromatic heterocycles. The summed E-state index contributed by atoms with van der Waals surface area (Å²) in [4.78, 5) is 0. The average molecular weight is 236 g/mol. The van der Waals surface area contributed by atoms with E-state index in [2.05, 4.69) is 35.1 Å². The molecule has 0 bridgehead atoms. The van der Waals surface area contributed by atoms with Gasteiger partial charge in [-0.15, -0.1) is 0 Å². The van der Waals surface area contributed by atoms with E-state index in [9.17, 15) is 0 Å². The van der Waals surface area contributed by atoms with Crippen LogP contribution in [-0.4, -0.2) is 24.3 Å². The molecule has 1 aliphatic rings. The molecule has 0 aliphatic heterocycles. The molecule has 2 rings (SSSR count). The highest BCUT2D eigenvalue weighted by Crippen LogP contribution is 2.28. The molecule has 0 radical (unpaired) electrons. The van der Waals surface area contributed by atoms with E-state index < -0.39 is 0 Å². The highest BCUT2D eigenvalue weighted by molar-refractivity contribution is 5.06. The Labute approximate surface area is 104 Å². The van der Waals surface area contributed by atoms with Crippen molar-refractivity contribution in [3.05, 3.63) is 24.0 Å². The number of aromatic nitrogens is 1. The van der Waals surface area contributed by atoms with Crippen molar-refractivity contribution in [1.29, 1.82) is 0 Å². The van der Waals surface area contributed by atoms with E-state index in [1.807, 2.05) is 0 Å². The molecule has 96 valence electrons. The minimum atomic E-state index is 0.885. The molecule has 17 heavy (non-hydrogen) atoms. The number of nitrogens with one attached hydrogen (secondary N) is 1. The zero-order valence-electron chi connectivity index (χ0n) is 10.8. The molecule has 0 saturated heterocycles. The van der Waals surface area contributed by atoms with Crippen LogP contribution in [0.25, 0.3) is 0 Å². The molecular weight excluding hydrogens is 212 g/mol. The van der Waals surface area contributed by atoms with Crippen LogP contribution in [-0.2, 0) is 17.8 Å². The van der Waals surface area contributed by atoms with Crippen molar-refractivity contribution in [3.63, 3.8) is 0 Å². The van der Waals surface area contributed by atoms with Gasteiger partial charge >= 0.3 is 0 Å². The molecule has 0 amide bonds. The second kappa shape index (κ2) is 6.82. The van der Waals surface area contributed by atoms with Crippen LogP contribution < -0.4 is 5.32 Å². The SMILES string of the molecule is CCn1cccc1CNCCCOCC1CC1. The minimum absolute atomic E-state index is 0.885. The summed E-state index contributed by atoms with van der Waals surface area (Å²) in [7, 11) is 0. The second-order valence-electron chi connectivity index (χ2n) is 4.83. The monoisotopic (exact) mass is 236 g/mol. The first-order valence-electron chi connectivity index (χ1n) is 6.82. The predicted octanol–water partition coefficient (Wildman–Crippen LogP) is 2.41. The van der Waals surface area contributed by atoms with Crippen molar-refractivity contribution in [2.24, 2.45) is 5.92 Å². The van der Waals surface area contributed by atoms with Crippen LogP contribution >= 0.6 is 0 Å². The summed E-state index contributed by atoms with van der Waals surface area (Å²) in [6.45, 7) is 7.11. The zero-order chi connectivity index (χ0) is 11.9. The molecule has 1 aliphatic carbocycles. The van der Waals surface area contributed by atoms with Gasteiger partial charge in [-0.05, 0) is 50.8 Å². The van der Waals surface area contributed by atoms with Gasteiger partial charge in [0.25, 0.3) is 0 Å². The van der Waals surface area contributed by atoms with E-state index >= 15 is 0 Å². The molecule has 3 heteroatoms. The lowest BCUT2D eigenvalue weighted by molar-refractivity contribution is 0.122. The molecule has 0 aromatic carbocycles. The van der Waals surface area contributed by atoms with Crippen LogP contribution in [0.3, 0.4) is 0 Å². The van der Waals surface area contributed by atoms with E-state index in [-0.39, 0.29) is 0 Å². The third-order valence-electron chi connectivity index (χ3n) is 3.26. The Kier molecular flexibility index (Phi) is 5.08. The van der Waals surface area contributed by atoms with Crippen LogP contribution in [0.15, 0.2) is 18.3 Å². The molecule has 1 N–H and O–H groups in total. The Bertz CT molecular complexity index is 318. The van der Waals surface area contributed by atoms with E-state index in [0.717, 1.165) is 45.2 Å².